The maximum Gasteiger partial charge on any atom is 0.311 e. The van der Waals surface area contributed by atoms with Gasteiger partial charge in [0.25, 0.3) is 0 Å². The van der Waals surface area contributed by atoms with E-state index in [0.717, 1.165) is 0 Å². The van der Waals surface area contributed by atoms with Crippen LogP contribution >= 0.6 is 0 Å². The van der Waals surface area contributed by atoms with Gasteiger partial charge in [-0.3, -0.25) is 14.4 Å². The molecule has 1 aliphatic carbocycles. The minimum atomic E-state index is -3.70. The molecule has 0 spiro atoms. The van der Waals surface area contributed by atoms with Crippen LogP contribution in [0.4, 0.5) is 10.1 Å². The number of benzene rings is 3. The standard InChI is InChI=1S/C32H34FN3O7S/c1-3-43-32(39)24-15-16-36(29(24)23-9-4-5-10-27(23)44(40,41)22-12-13-22)31(38)28(19-11-14-25(33)26(18-19)42-2)35-21-8-6-7-20(17-21)30(34)37/h4-11,14,17-18,22,24,28-29,35H,3,12-13,15-16H2,1-2H3,(H2,34,37)/t24-,28-,29-/m0/s1. The normalized spacial score (nSPS) is 18.8. The summed E-state index contributed by atoms with van der Waals surface area (Å²) in [5.74, 6) is -3.23. The molecule has 10 nitrogen and oxygen atoms in total. The summed E-state index contributed by atoms with van der Waals surface area (Å²) in [6.07, 6.45) is 1.34. The predicted molar refractivity (Wildman–Crippen MR) is 160 cm³/mol. The number of rotatable bonds is 11. The van der Waals surface area contributed by atoms with Crippen molar-refractivity contribution in [3.8, 4) is 5.75 Å². The van der Waals surface area contributed by atoms with Gasteiger partial charge in [0.2, 0.25) is 11.8 Å². The van der Waals surface area contributed by atoms with Crippen LogP contribution in [0.2, 0.25) is 0 Å². The monoisotopic (exact) mass is 623 g/mol. The lowest BCUT2D eigenvalue weighted by Gasteiger charge is -2.33. The average Bonchev–Trinajstić information content (AvgIpc) is 3.79. The van der Waals surface area contributed by atoms with Crippen LogP contribution in [0.5, 0.6) is 5.75 Å². The first-order valence-corrected chi connectivity index (χ1v) is 15.9. The fraction of sp³-hybridized carbons (Fsp3) is 0.344. The van der Waals surface area contributed by atoms with E-state index >= 15 is 0 Å². The molecule has 12 heteroatoms. The van der Waals surface area contributed by atoms with Crippen LogP contribution in [0.3, 0.4) is 0 Å². The maximum atomic E-state index is 14.6. The number of halogens is 1. The quantitative estimate of drug-likeness (QED) is 0.303. The molecule has 2 aliphatic rings. The van der Waals surface area contributed by atoms with E-state index in [1.54, 1.807) is 37.3 Å². The van der Waals surface area contributed by atoms with Crippen LogP contribution in [0.1, 0.15) is 59.8 Å². The molecule has 1 heterocycles. The van der Waals surface area contributed by atoms with Crippen LogP contribution in [0, 0.1) is 11.7 Å². The molecule has 0 unspecified atom stereocenters. The number of hydrogen-bond donors (Lipinski definition) is 2. The summed E-state index contributed by atoms with van der Waals surface area (Å²) in [5.41, 5.74) is 6.75. The Balaban J connectivity index is 1.62. The molecule has 2 fully saturated rings. The van der Waals surface area contributed by atoms with Gasteiger partial charge in [0, 0.05) is 17.8 Å². The van der Waals surface area contributed by atoms with E-state index in [1.165, 1.54) is 48.4 Å². The van der Waals surface area contributed by atoms with E-state index < -0.39 is 56.7 Å². The van der Waals surface area contributed by atoms with Crippen molar-refractivity contribution < 1.29 is 36.7 Å². The lowest BCUT2D eigenvalue weighted by molar-refractivity contribution is -0.149. The van der Waals surface area contributed by atoms with Gasteiger partial charge in [-0.05, 0) is 73.7 Å². The third-order valence-corrected chi connectivity index (χ3v) is 10.3. The van der Waals surface area contributed by atoms with E-state index in [0.29, 0.717) is 29.7 Å². The molecule has 0 aromatic heterocycles. The van der Waals surface area contributed by atoms with Crippen molar-refractivity contribution in [2.45, 2.75) is 48.4 Å². The zero-order chi connectivity index (χ0) is 31.6. The van der Waals surface area contributed by atoms with Crippen LogP contribution in [-0.4, -0.2) is 56.6 Å². The summed E-state index contributed by atoms with van der Waals surface area (Å²) in [5, 5.41) is 2.64. The number of sulfone groups is 1. The highest BCUT2D eigenvalue weighted by atomic mass is 32.2. The molecular weight excluding hydrogens is 589 g/mol. The topological polar surface area (TPSA) is 145 Å². The first-order valence-electron chi connectivity index (χ1n) is 14.4. The van der Waals surface area contributed by atoms with Crippen molar-refractivity contribution in [3.05, 3.63) is 89.2 Å². The number of methoxy groups -OCH3 is 1. The highest BCUT2D eigenvalue weighted by Crippen LogP contribution is 2.45. The number of ether oxygens (including phenoxy) is 2. The summed E-state index contributed by atoms with van der Waals surface area (Å²) in [4.78, 5) is 41.3. The second-order valence-corrected chi connectivity index (χ2v) is 13.0. The van der Waals surface area contributed by atoms with Crippen molar-refractivity contribution in [2.24, 2.45) is 11.7 Å². The lowest BCUT2D eigenvalue weighted by atomic mass is 9.93. The number of nitrogens with two attached hydrogens (primary N) is 1. The molecule has 232 valence electrons. The average molecular weight is 624 g/mol. The number of hydrogen-bond acceptors (Lipinski definition) is 8. The molecule has 3 N–H and O–H groups in total. The molecule has 3 aromatic rings. The largest absolute Gasteiger partial charge is 0.494 e. The van der Waals surface area contributed by atoms with Crippen molar-refractivity contribution in [3.63, 3.8) is 0 Å². The van der Waals surface area contributed by atoms with Gasteiger partial charge in [0.15, 0.2) is 21.4 Å². The van der Waals surface area contributed by atoms with E-state index in [1.807, 2.05) is 0 Å². The molecule has 5 rings (SSSR count). The van der Waals surface area contributed by atoms with Gasteiger partial charge in [0.1, 0.15) is 6.04 Å². The highest BCUT2D eigenvalue weighted by Gasteiger charge is 2.48. The molecule has 1 aliphatic heterocycles. The zero-order valence-corrected chi connectivity index (χ0v) is 25.2. The van der Waals surface area contributed by atoms with Crippen molar-refractivity contribution in [2.75, 3.05) is 25.6 Å². The third kappa shape index (κ3) is 6.12. The number of amides is 2. The summed E-state index contributed by atoms with van der Waals surface area (Å²) in [7, 11) is -2.39. The van der Waals surface area contributed by atoms with Crippen molar-refractivity contribution in [1.29, 1.82) is 0 Å². The minimum absolute atomic E-state index is 0.0867. The lowest BCUT2D eigenvalue weighted by Crippen LogP contribution is -2.40. The summed E-state index contributed by atoms with van der Waals surface area (Å²) < 4.78 is 52.0. The zero-order valence-electron chi connectivity index (χ0n) is 24.4. The van der Waals surface area contributed by atoms with Crippen molar-refractivity contribution >= 4 is 33.3 Å². The third-order valence-electron chi connectivity index (χ3n) is 7.99. The Kier molecular flexibility index (Phi) is 8.91. The molecule has 1 saturated carbocycles. The van der Waals surface area contributed by atoms with Gasteiger partial charge >= 0.3 is 5.97 Å². The molecule has 1 saturated heterocycles. The first-order chi connectivity index (χ1) is 21.1. The Morgan fingerprint density at radius 3 is 2.48 bits per heavy atom. The molecule has 0 radical (unpaired) electrons. The van der Waals surface area contributed by atoms with Crippen LogP contribution in [0.15, 0.2) is 71.6 Å². The second-order valence-electron chi connectivity index (χ2n) is 10.8. The summed E-state index contributed by atoms with van der Waals surface area (Å²) in [6.45, 7) is 1.93. The molecule has 0 bridgehead atoms. The first kappa shape index (κ1) is 31.0. The Labute approximate surface area is 255 Å². The Bertz CT molecular complexity index is 1690. The van der Waals surface area contributed by atoms with E-state index in [-0.39, 0.29) is 35.8 Å². The number of carbonyl (C=O) groups is 3. The number of nitrogens with zero attached hydrogens (tertiary/aromatic N) is 1. The molecular formula is C32H34FN3O7S. The highest BCUT2D eigenvalue weighted by molar-refractivity contribution is 7.92. The number of carbonyl (C=O) groups excluding carboxylic acids is 3. The van der Waals surface area contributed by atoms with Crippen LogP contribution < -0.4 is 15.8 Å². The van der Waals surface area contributed by atoms with Crippen molar-refractivity contribution in [1.82, 2.24) is 4.90 Å². The van der Waals surface area contributed by atoms with Gasteiger partial charge in [-0.2, -0.15) is 0 Å². The molecule has 3 atom stereocenters. The van der Waals surface area contributed by atoms with Gasteiger partial charge in [-0.25, -0.2) is 12.8 Å². The van der Waals surface area contributed by atoms with Gasteiger partial charge < -0.3 is 25.4 Å². The maximum absolute atomic E-state index is 14.6. The second kappa shape index (κ2) is 12.7. The number of nitrogens with one attached hydrogen (secondary N) is 1. The fourth-order valence-electron chi connectivity index (χ4n) is 5.70. The SMILES string of the molecule is CCOC(=O)[C@H]1CCN(C(=O)[C@@H](Nc2cccc(C(N)=O)c2)c2ccc(F)c(OC)c2)[C@H]1c1ccccc1S(=O)(=O)C1CC1. The summed E-state index contributed by atoms with van der Waals surface area (Å²) >= 11 is 0. The fourth-order valence-corrected chi connectivity index (χ4v) is 7.60. The minimum Gasteiger partial charge on any atom is -0.494 e. The molecule has 2 amide bonds. The summed E-state index contributed by atoms with van der Waals surface area (Å²) in [6, 6.07) is 14.6. The van der Waals surface area contributed by atoms with E-state index in [2.05, 4.69) is 5.32 Å². The Morgan fingerprint density at radius 1 is 1.05 bits per heavy atom. The van der Waals surface area contributed by atoms with Crippen LogP contribution in [-0.2, 0) is 24.2 Å². The van der Waals surface area contributed by atoms with Gasteiger partial charge in [-0.15, -0.1) is 0 Å². The molecule has 44 heavy (non-hydrogen) atoms. The molecule has 3 aromatic carbocycles. The van der Waals surface area contributed by atoms with E-state index in [4.69, 9.17) is 15.2 Å². The number of esters is 1. The van der Waals surface area contributed by atoms with Gasteiger partial charge in [0.05, 0.1) is 35.8 Å². The number of likely N-dealkylation sites (tertiary alicyclic amines) is 1. The number of primary amides is 1. The predicted octanol–water partition coefficient (Wildman–Crippen LogP) is 4.18. The number of anilines is 1. The van der Waals surface area contributed by atoms with Crippen LogP contribution in [0.25, 0.3) is 0 Å². The Morgan fingerprint density at radius 2 is 1.80 bits per heavy atom. The van der Waals surface area contributed by atoms with E-state index in [9.17, 15) is 27.2 Å². The Hall–Kier alpha value is -4.45. The van der Waals surface area contributed by atoms with Gasteiger partial charge in [-0.1, -0.05) is 30.3 Å². The smallest absolute Gasteiger partial charge is 0.311 e.